The number of hydrogen-bond donors (Lipinski definition) is 0. The molecule has 5 heteroatoms. The van der Waals surface area contributed by atoms with Crippen molar-refractivity contribution in [1.82, 2.24) is 9.97 Å². The molecule has 1 fully saturated rings. The lowest BCUT2D eigenvalue weighted by Gasteiger charge is -2.10. The molecule has 1 aromatic heterocycles. The molecule has 15 heavy (non-hydrogen) atoms. The summed E-state index contributed by atoms with van der Waals surface area (Å²) >= 11 is 5.54. The lowest BCUT2D eigenvalue weighted by molar-refractivity contribution is 0.232. The van der Waals surface area contributed by atoms with E-state index in [0.717, 1.165) is 19.0 Å². The van der Waals surface area contributed by atoms with Crippen molar-refractivity contribution in [3.05, 3.63) is 17.3 Å². The van der Waals surface area contributed by atoms with E-state index >= 15 is 0 Å². The highest BCUT2D eigenvalue weighted by molar-refractivity contribution is 6.28. The van der Waals surface area contributed by atoms with Gasteiger partial charge in [0.2, 0.25) is 11.1 Å². The maximum absolute atomic E-state index is 13.1. The van der Waals surface area contributed by atoms with Crippen LogP contribution in [-0.2, 0) is 0 Å². The normalized spacial score (nSPS) is 16.9. The Balaban J connectivity index is 1.94. The summed E-state index contributed by atoms with van der Waals surface area (Å²) in [7, 11) is 0. The maximum Gasteiger partial charge on any atom is 0.254 e. The van der Waals surface area contributed by atoms with Crippen LogP contribution in [0.15, 0.2) is 6.20 Å². The quantitative estimate of drug-likeness (QED) is 0.749. The summed E-state index contributed by atoms with van der Waals surface area (Å²) in [6.07, 6.45) is 5.81. The average Bonchev–Trinajstić information content (AvgIpc) is 2.72. The zero-order valence-electron chi connectivity index (χ0n) is 8.25. The first kappa shape index (κ1) is 10.6. The number of nitrogens with zero attached hydrogens (tertiary/aromatic N) is 2. The molecule has 0 aliphatic heterocycles. The fraction of sp³-hybridized carbons (Fsp3) is 0.600. The van der Waals surface area contributed by atoms with Crippen molar-refractivity contribution in [2.24, 2.45) is 5.92 Å². The van der Waals surface area contributed by atoms with Crippen LogP contribution >= 0.6 is 11.6 Å². The SMILES string of the molecule is Fc1cnc(Cl)nc1OCC1CCCC1. The topological polar surface area (TPSA) is 35.0 Å². The maximum atomic E-state index is 13.1. The Kier molecular flexibility index (Phi) is 3.36. The second-order valence-electron chi connectivity index (χ2n) is 3.75. The summed E-state index contributed by atoms with van der Waals surface area (Å²) in [6, 6.07) is 0. The molecular weight excluding hydrogens is 219 g/mol. The molecule has 0 aromatic carbocycles. The third-order valence-electron chi connectivity index (χ3n) is 2.61. The van der Waals surface area contributed by atoms with Gasteiger partial charge in [0.05, 0.1) is 12.8 Å². The first-order valence-electron chi connectivity index (χ1n) is 5.06. The molecule has 0 amide bonds. The molecule has 0 saturated heterocycles. The van der Waals surface area contributed by atoms with Crippen molar-refractivity contribution in [3.8, 4) is 5.88 Å². The second kappa shape index (κ2) is 4.75. The molecule has 0 radical (unpaired) electrons. The molecule has 0 atom stereocenters. The number of aromatic nitrogens is 2. The molecule has 1 heterocycles. The molecule has 1 saturated carbocycles. The molecule has 2 rings (SSSR count). The third-order valence-corrected chi connectivity index (χ3v) is 2.80. The lowest BCUT2D eigenvalue weighted by Crippen LogP contribution is -2.10. The van der Waals surface area contributed by atoms with Gasteiger partial charge in [-0.3, -0.25) is 0 Å². The lowest BCUT2D eigenvalue weighted by atomic mass is 10.1. The van der Waals surface area contributed by atoms with E-state index in [4.69, 9.17) is 16.3 Å². The van der Waals surface area contributed by atoms with E-state index in [1.165, 1.54) is 12.8 Å². The van der Waals surface area contributed by atoms with Gasteiger partial charge < -0.3 is 4.74 Å². The number of rotatable bonds is 3. The number of ether oxygens (including phenoxy) is 1. The van der Waals surface area contributed by atoms with E-state index in [-0.39, 0.29) is 11.2 Å². The van der Waals surface area contributed by atoms with E-state index in [0.29, 0.717) is 12.5 Å². The fourth-order valence-corrected chi connectivity index (χ4v) is 1.93. The predicted octanol–water partition coefficient (Wildman–Crippen LogP) is 2.84. The molecular formula is C10H12ClFN2O. The van der Waals surface area contributed by atoms with Crippen molar-refractivity contribution in [2.75, 3.05) is 6.61 Å². The predicted molar refractivity (Wildman–Crippen MR) is 54.5 cm³/mol. The van der Waals surface area contributed by atoms with Crippen LogP contribution in [0.1, 0.15) is 25.7 Å². The van der Waals surface area contributed by atoms with Crippen LogP contribution < -0.4 is 4.74 Å². The van der Waals surface area contributed by atoms with Crippen LogP contribution in [0.2, 0.25) is 5.28 Å². The Hall–Kier alpha value is -0.900. The van der Waals surface area contributed by atoms with Crippen LogP contribution in [0, 0.1) is 11.7 Å². The molecule has 82 valence electrons. The van der Waals surface area contributed by atoms with Crippen LogP contribution in [-0.4, -0.2) is 16.6 Å². The molecule has 3 nitrogen and oxygen atoms in total. The van der Waals surface area contributed by atoms with Crippen molar-refractivity contribution >= 4 is 11.6 Å². The summed E-state index contributed by atoms with van der Waals surface area (Å²) in [5, 5.41) is 0.0119. The van der Waals surface area contributed by atoms with Gasteiger partial charge >= 0.3 is 0 Å². The summed E-state index contributed by atoms with van der Waals surface area (Å²) < 4.78 is 18.4. The molecule has 1 aliphatic rings. The van der Waals surface area contributed by atoms with Crippen molar-refractivity contribution < 1.29 is 9.13 Å². The minimum absolute atomic E-state index is 0.0119. The van der Waals surface area contributed by atoms with Crippen LogP contribution in [0.25, 0.3) is 0 Å². The van der Waals surface area contributed by atoms with Gasteiger partial charge in [-0.25, -0.2) is 4.98 Å². The van der Waals surface area contributed by atoms with Crippen molar-refractivity contribution in [2.45, 2.75) is 25.7 Å². The Bertz CT molecular complexity index is 342. The van der Waals surface area contributed by atoms with Gasteiger partial charge in [0.15, 0.2) is 0 Å². The molecule has 1 aliphatic carbocycles. The Morgan fingerprint density at radius 2 is 2.20 bits per heavy atom. The molecule has 0 spiro atoms. The zero-order valence-corrected chi connectivity index (χ0v) is 9.00. The van der Waals surface area contributed by atoms with Gasteiger partial charge in [-0.2, -0.15) is 9.37 Å². The standard InChI is InChI=1S/C10H12ClFN2O/c11-10-13-5-8(12)9(14-10)15-6-7-3-1-2-4-7/h5,7H,1-4,6H2. The van der Waals surface area contributed by atoms with Crippen molar-refractivity contribution in [3.63, 3.8) is 0 Å². The van der Waals surface area contributed by atoms with Gasteiger partial charge in [-0.15, -0.1) is 0 Å². The first-order chi connectivity index (χ1) is 7.25. The highest BCUT2D eigenvalue weighted by Gasteiger charge is 2.17. The summed E-state index contributed by atoms with van der Waals surface area (Å²) in [6.45, 7) is 0.518. The minimum Gasteiger partial charge on any atom is -0.475 e. The Morgan fingerprint density at radius 1 is 1.47 bits per heavy atom. The van der Waals surface area contributed by atoms with Crippen LogP contribution in [0.3, 0.4) is 0 Å². The summed E-state index contributed by atoms with van der Waals surface area (Å²) in [5.74, 6) is -0.0718. The number of hydrogen-bond acceptors (Lipinski definition) is 3. The van der Waals surface area contributed by atoms with Gasteiger partial charge in [-0.1, -0.05) is 12.8 Å². The van der Waals surface area contributed by atoms with E-state index in [1.54, 1.807) is 0 Å². The zero-order chi connectivity index (χ0) is 10.7. The highest BCUT2D eigenvalue weighted by Crippen LogP contribution is 2.25. The fourth-order valence-electron chi connectivity index (χ4n) is 1.81. The minimum atomic E-state index is -0.558. The molecule has 0 N–H and O–H groups in total. The smallest absolute Gasteiger partial charge is 0.254 e. The largest absolute Gasteiger partial charge is 0.475 e. The van der Waals surface area contributed by atoms with E-state index in [1.807, 2.05) is 0 Å². The molecule has 1 aromatic rings. The average molecular weight is 231 g/mol. The Morgan fingerprint density at radius 3 is 2.93 bits per heavy atom. The molecule has 0 bridgehead atoms. The second-order valence-corrected chi connectivity index (χ2v) is 4.09. The summed E-state index contributed by atoms with van der Waals surface area (Å²) in [5.41, 5.74) is 0. The molecule has 0 unspecified atom stereocenters. The van der Waals surface area contributed by atoms with E-state index in [2.05, 4.69) is 9.97 Å². The van der Waals surface area contributed by atoms with Gasteiger partial charge in [0, 0.05) is 0 Å². The highest BCUT2D eigenvalue weighted by atomic mass is 35.5. The van der Waals surface area contributed by atoms with E-state index in [9.17, 15) is 4.39 Å². The van der Waals surface area contributed by atoms with Crippen LogP contribution in [0.4, 0.5) is 4.39 Å². The Labute approximate surface area is 92.6 Å². The summed E-state index contributed by atoms with van der Waals surface area (Å²) in [4.78, 5) is 7.21. The van der Waals surface area contributed by atoms with Gasteiger partial charge in [0.1, 0.15) is 0 Å². The van der Waals surface area contributed by atoms with Gasteiger partial charge in [-0.05, 0) is 30.4 Å². The van der Waals surface area contributed by atoms with E-state index < -0.39 is 5.82 Å². The van der Waals surface area contributed by atoms with Crippen LogP contribution in [0.5, 0.6) is 5.88 Å². The monoisotopic (exact) mass is 230 g/mol. The van der Waals surface area contributed by atoms with Crippen molar-refractivity contribution in [1.29, 1.82) is 0 Å². The first-order valence-corrected chi connectivity index (χ1v) is 5.44. The van der Waals surface area contributed by atoms with Gasteiger partial charge in [0.25, 0.3) is 5.88 Å². The number of halogens is 2. The third kappa shape index (κ3) is 2.78.